The van der Waals surface area contributed by atoms with Crippen LogP contribution >= 0.6 is 24.0 Å². The van der Waals surface area contributed by atoms with Gasteiger partial charge in [-0.25, -0.2) is 9.40 Å². The Kier molecular flexibility index (Phi) is 5.00. The van der Waals surface area contributed by atoms with Gasteiger partial charge in [0.2, 0.25) is 0 Å². The van der Waals surface area contributed by atoms with E-state index in [1.54, 1.807) is 12.1 Å². The van der Waals surface area contributed by atoms with Crippen molar-refractivity contribution in [1.82, 2.24) is 10.0 Å². The van der Waals surface area contributed by atoms with Gasteiger partial charge in [-0.2, -0.15) is 0 Å². The minimum Gasteiger partial charge on any atom is -0.308 e. The molecule has 0 bridgehead atoms. The second-order valence-electron chi connectivity index (χ2n) is 5.02. The quantitative estimate of drug-likeness (QED) is 0.698. The second-order valence-corrected chi connectivity index (χ2v) is 5.02. The molecule has 1 heterocycles. The van der Waals surface area contributed by atoms with Crippen LogP contribution < -0.4 is 0 Å². The fourth-order valence-electron chi connectivity index (χ4n) is 2.61. The molecule has 0 saturated carbocycles. The van der Waals surface area contributed by atoms with E-state index in [0.717, 1.165) is 11.3 Å². The van der Waals surface area contributed by atoms with Crippen LogP contribution in [0.15, 0.2) is 60.7 Å². The Hall–Kier alpha value is -1.40. The average molecular weight is 396 g/mol. The zero-order chi connectivity index (χ0) is 14.1. The van der Waals surface area contributed by atoms with Crippen LogP contribution in [0.5, 0.6) is 0 Å². The number of hydrazine groups is 1. The Morgan fingerprint density at radius 3 is 2.33 bits per heavy atom. The Balaban J connectivity index is 0.00000161. The van der Waals surface area contributed by atoms with Gasteiger partial charge in [0.15, 0.2) is 0 Å². The van der Waals surface area contributed by atoms with Crippen LogP contribution in [0.2, 0.25) is 0 Å². The molecular weight excluding hydrogens is 378 g/mol. The van der Waals surface area contributed by atoms with E-state index in [1.807, 2.05) is 38.4 Å². The Morgan fingerprint density at radius 2 is 1.67 bits per heavy atom. The monoisotopic (exact) mass is 396 g/mol. The largest absolute Gasteiger partial charge is 0.308 e. The van der Waals surface area contributed by atoms with E-state index >= 15 is 0 Å². The first-order valence-electron chi connectivity index (χ1n) is 6.66. The molecule has 0 aliphatic carbocycles. The van der Waals surface area contributed by atoms with Gasteiger partial charge in [-0.1, -0.05) is 42.5 Å². The number of hydrogen-bond acceptors (Lipinski definition) is 2. The van der Waals surface area contributed by atoms with Crippen molar-refractivity contribution in [3.8, 4) is 0 Å². The Bertz CT molecular complexity index is 642. The van der Waals surface area contributed by atoms with Gasteiger partial charge < -0.3 is 5.01 Å². The molecule has 0 fully saturated rings. The third-order valence-electron chi connectivity index (χ3n) is 3.80. The van der Waals surface area contributed by atoms with E-state index in [2.05, 4.69) is 28.2 Å². The maximum Gasteiger partial charge on any atom is 0.123 e. The highest BCUT2D eigenvalue weighted by molar-refractivity contribution is 14.0. The van der Waals surface area contributed by atoms with Crippen LogP contribution in [-0.4, -0.2) is 24.1 Å². The summed E-state index contributed by atoms with van der Waals surface area (Å²) in [5.41, 5.74) is 3.16. The zero-order valence-corrected chi connectivity index (χ0v) is 14.4. The second kappa shape index (κ2) is 6.58. The van der Waals surface area contributed by atoms with Crippen LogP contribution in [0.3, 0.4) is 0 Å². The molecule has 0 N–H and O–H groups in total. The normalized spacial score (nSPS) is 18.3. The molecule has 110 valence electrons. The summed E-state index contributed by atoms with van der Waals surface area (Å²) in [6.45, 7) is 0. The fourth-order valence-corrected chi connectivity index (χ4v) is 2.61. The number of nitrogens with zero attached hydrogens (tertiary/aromatic N) is 2. The summed E-state index contributed by atoms with van der Waals surface area (Å²) in [6.07, 6.45) is 2.17. The lowest BCUT2D eigenvalue weighted by Gasteiger charge is -2.29. The molecule has 0 aromatic heterocycles. The molecular formula is C17H18FIN2. The first kappa shape index (κ1) is 16.0. The van der Waals surface area contributed by atoms with Crippen molar-refractivity contribution in [2.45, 2.75) is 6.04 Å². The van der Waals surface area contributed by atoms with Crippen LogP contribution in [0, 0.1) is 5.82 Å². The van der Waals surface area contributed by atoms with E-state index in [9.17, 15) is 4.39 Å². The maximum absolute atomic E-state index is 13.4. The first-order valence-corrected chi connectivity index (χ1v) is 6.66. The van der Waals surface area contributed by atoms with Gasteiger partial charge in [-0.3, -0.25) is 0 Å². The zero-order valence-electron chi connectivity index (χ0n) is 12.0. The van der Waals surface area contributed by atoms with Gasteiger partial charge in [-0.05, 0) is 23.8 Å². The summed E-state index contributed by atoms with van der Waals surface area (Å²) in [4.78, 5) is 0. The smallest absolute Gasteiger partial charge is 0.123 e. The molecule has 0 amide bonds. The Morgan fingerprint density at radius 1 is 0.952 bits per heavy atom. The molecule has 0 saturated heterocycles. The van der Waals surface area contributed by atoms with Gasteiger partial charge in [-0.15, -0.1) is 24.0 Å². The van der Waals surface area contributed by atoms with Crippen molar-refractivity contribution in [2.75, 3.05) is 14.1 Å². The van der Waals surface area contributed by atoms with Gasteiger partial charge in [0.25, 0.3) is 0 Å². The predicted molar refractivity (Wildman–Crippen MR) is 94.5 cm³/mol. The average Bonchev–Trinajstić information content (AvgIpc) is 2.76. The lowest BCUT2D eigenvalue weighted by atomic mass is 10.0. The van der Waals surface area contributed by atoms with Crippen LogP contribution in [0.25, 0.3) is 5.70 Å². The maximum atomic E-state index is 13.4. The van der Waals surface area contributed by atoms with E-state index in [1.165, 1.54) is 11.6 Å². The van der Waals surface area contributed by atoms with Crippen molar-refractivity contribution < 1.29 is 4.39 Å². The highest BCUT2D eigenvalue weighted by Crippen LogP contribution is 2.35. The van der Waals surface area contributed by atoms with Crippen LogP contribution in [0.4, 0.5) is 4.39 Å². The molecule has 2 aromatic carbocycles. The van der Waals surface area contributed by atoms with Crippen molar-refractivity contribution in [2.24, 2.45) is 0 Å². The molecule has 0 spiro atoms. The minimum absolute atomic E-state index is 0. The molecule has 1 unspecified atom stereocenters. The van der Waals surface area contributed by atoms with Gasteiger partial charge in [0.1, 0.15) is 5.82 Å². The summed E-state index contributed by atoms with van der Waals surface area (Å²) >= 11 is 0. The lowest BCUT2D eigenvalue weighted by Crippen LogP contribution is -2.31. The molecule has 1 aliphatic rings. The van der Waals surface area contributed by atoms with E-state index < -0.39 is 0 Å². The number of benzene rings is 2. The lowest BCUT2D eigenvalue weighted by molar-refractivity contribution is 0.0831. The number of hydrogen-bond donors (Lipinski definition) is 0. The molecule has 2 nitrogen and oxygen atoms in total. The molecule has 21 heavy (non-hydrogen) atoms. The number of rotatable bonds is 2. The van der Waals surface area contributed by atoms with Crippen molar-refractivity contribution in [1.29, 1.82) is 0 Å². The molecule has 2 aromatic rings. The van der Waals surface area contributed by atoms with Crippen molar-refractivity contribution in [3.63, 3.8) is 0 Å². The fraction of sp³-hybridized carbons (Fsp3) is 0.176. The SMILES string of the molecule is CN1C(c2cccc(F)c2)=CC(c2ccccc2)N1C.I. The molecule has 1 aliphatic heterocycles. The standard InChI is InChI=1S/C17H17FN2.HI/c1-19-16(13-7-4-3-5-8-13)12-17(20(19)2)14-9-6-10-15(18)11-14;/h3-12,16H,1-2H3;1H. The van der Waals surface area contributed by atoms with E-state index in [4.69, 9.17) is 0 Å². The van der Waals surface area contributed by atoms with Crippen molar-refractivity contribution >= 4 is 29.7 Å². The van der Waals surface area contributed by atoms with E-state index in [0.29, 0.717) is 0 Å². The topological polar surface area (TPSA) is 6.48 Å². The highest BCUT2D eigenvalue weighted by Gasteiger charge is 2.28. The van der Waals surface area contributed by atoms with Gasteiger partial charge >= 0.3 is 0 Å². The Labute approximate surface area is 141 Å². The molecule has 0 radical (unpaired) electrons. The summed E-state index contributed by atoms with van der Waals surface area (Å²) in [5.74, 6) is -0.206. The summed E-state index contributed by atoms with van der Waals surface area (Å²) in [6, 6.07) is 17.2. The van der Waals surface area contributed by atoms with Crippen LogP contribution in [0.1, 0.15) is 17.2 Å². The summed E-state index contributed by atoms with van der Waals surface area (Å²) < 4.78 is 13.4. The molecule has 1 atom stereocenters. The van der Waals surface area contributed by atoms with Gasteiger partial charge in [0.05, 0.1) is 11.7 Å². The van der Waals surface area contributed by atoms with E-state index in [-0.39, 0.29) is 35.8 Å². The summed E-state index contributed by atoms with van der Waals surface area (Å²) in [5, 5.41) is 4.21. The molecule has 4 heteroatoms. The number of likely N-dealkylation sites (N-methyl/N-ethyl adjacent to an activating group) is 1. The number of halogens is 2. The summed E-state index contributed by atoms with van der Waals surface area (Å²) in [7, 11) is 4.04. The highest BCUT2D eigenvalue weighted by atomic mass is 127. The molecule has 3 rings (SSSR count). The van der Waals surface area contributed by atoms with Crippen molar-refractivity contribution in [3.05, 3.63) is 77.6 Å². The minimum atomic E-state index is -0.206. The first-order chi connectivity index (χ1) is 9.66. The third kappa shape index (κ3) is 3.11. The van der Waals surface area contributed by atoms with Gasteiger partial charge in [0, 0.05) is 19.7 Å². The predicted octanol–water partition coefficient (Wildman–Crippen LogP) is 4.32. The van der Waals surface area contributed by atoms with Crippen LogP contribution in [-0.2, 0) is 0 Å². The third-order valence-corrected chi connectivity index (χ3v) is 3.80.